The molecule has 2 aliphatic rings. The van der Waals surface area contributed by atoms with E-state index in [2.05, 4.69) is 0 Å². The standard InChI is InChI=1S/C13H24N2O2/c1-10-9-15(5-6-17-10)13(16)8-11-3-2-4-12(14)7-11/h10-12H,2-9,14H2,1H3. The van der Waals surface area contributed by atoms with Gasteiger partial charge in [-0.05, 0) is 32.1 Å². The Morgan fingerprint density at radius 1 is 1.47 bits per heavy atom. The first-order valence-corrected chi connectivity index (χ1v) is 6.80. The van der Waals surface area contributed by atoms with Gasteiger partial charge in [0.1, 0.15) is 0 Å². The number of amides is 1. The Hall–Kier alpha value is -0.610. The SMILES string of the molecule is CC1CN(C(=O)CC2CCCC(N)C2)CCO1. The van der Waals surface area contributed by atoms with E-state index in [0.29, 0.717) is 30.9 Å². The minimum absolute atomic E-state index is 0.182. The Morgan fingerprint density at radius 2 is 2.29 bits per heavy atom. The average molecular weight is 240 g/mol. The van der Waals surface area contributed by atoms with Crippen LogP contribution in [0.2, 0.25) is 0 Å². The molecule has 3 unspecified atom stereocenters. The molecule has 0 bridgehead atoms. The van der Waals surface area contributed by atoms with E-state index in [1.54, 1.807) is 0 Å². The topological polar surface area (TPSA) is 55.6 Å². The molecule has 0 aromatic carbocycles. The first-order valence-electron chi connectivity index (χ1n) is 6.80. The Bertz CT molecular complexity index is 270. The molecule has 1 aliphatic carbocycles. The third-order valence-corrected chi connectivity index (χ3v) is 3.88. The summed E-state index contributed by atoms with van der Waals surface area (Å²) in [6.45, 7) is 4.20. The maximum absolute atomic E-state index is 12.1. The lowest BCUT2D eigenvalue weighted by atomic mass is 9.84. The summed E-state index contributed by atoms with van der Waals surface area (Å²) >= 11 is 0. The molecule has 2 N–H and O–H groups in total. The van der Waals surface area contributed by atoms with Crippen LogP contribution in [-0.2, 0) is 9.53 Å². The minimum atomic E-state index is 0.182. The van der Waals surface area contributed by atoms with Gasteiger partial charge in [0.2, 0.25) is 5.91 Å². The lowest BCUT2D eigenvalue weighted by Gasteiger charge is -2.33. The summed E-state index contributed by atoms with van der Waals surface area (Å²) in [6, 6.07) is 0.310. The highest BCUT2D eigenvalue weighted by molar-refractivity contribution is 5.76. The third kappa shape index (κ3) is 3.68. The predicted octanol–water partition coefficient (Wildman–Crippen LogP) is 1.14. The molecule has 4 heteroatoms. The smallest absolute Gasteiger partial charge is 0.223 e. The average Bonchev–Trinajstić information content (AvgIpc) is 2.29. The van der Waals surface area contributed by atoms with Crippen molar-refractivity contribution in [1.29, 1.82) is 0 Å². The summed E-state index contributed by atoms with van der Waals surface area (Å²) in [5, 5.41) is 0. The predicted molar refractivity (Wildman–Crippen MR) is 66.5 cm³/mol. The molecule has 0 radical (unpaired) electrons. The van der Waals surface area contributed by atoms with E-state index in [-0.39, 0.29) is 6.10 Å². The van der Waals surface area contributed by atoms with E-state index in [4.69, 9.17) is 10.5 Å². The van der Waals surface area contributed by atoms with Gasteiger partial charge in [0.05, 0.1) is 12.7 Å². The van der Waals surface area contributed by atoms with Crippen molar-refractivity contribution >= 4 is 5.91 Å². The van der Waals surface area contributed by atoms with Gasteiger partial charge in [-0.15, -0.1) is 0 Å². The van der Waals surface area contributed by atoms with Crippen molar-refractivity contribution in [2.75, 3.05) is 19.7 Å². The number of nitrogens with two attached hydrogens (primary N) is 1. The van der Waals surface area contributed by atoms with Crippen molar-refractivity contribution in [3.63, 3.8) is 0 Å². The van der Waals surface area contributed by atoms with Crippen LogP contribution < -0.4 is 5.73 Å². The molecule has 1 heterocycles. The van der Waals surface area contributed by atoms with Crippen molar-refractivity contribution in [2.45, 2.75) is 51.2 Å². The summed E-state index contributed by atoms with van der Waals surface area (Å²) < 4.78 is 5.45. The summed E-state index contributed by atoms with van der Waals surface area (Å²) in [5.41, 5.74) is 5.96. The molecule has 1 saturated carbocycles. The van der Waals surface area contributed by atoms with Crippen LogP contribution in [0.4, 0.5) is 0 Å². The van der Waals surface area contributed by atoms with Gasteiger partial charge in [-0.3, -0.25) is 4.79 Å². The van der Waals surface area contributed by atoms with Crippen LogP contribution in [0.5, 0.6) is 0 Å². The van der Waals surface area contributed by atoms with Gasteiger partial charge in [-0.1, -0.05) is 6.42 Å². The van der Waals surface area contributed by atoms with Crippen molar-refractivity contribution in [3.05, 3.63) is 0 Å². The highest BCUT2D eigenvalue weighted by Gasteiger charge is 2.26. The second kappa shape index (κ2) is 5.83. The highest BCUT2D eigenvalue weighted by Crippen LogP contribution is 2.26. The van der Waals surface area contributed by atoms with Gasteiger partial charge in [-0.25, -0.2) is 0 Å². The summed E-state index contributed by atoms with van der Waals surface area (Å²) in [4.78, 5) is 14.1. The summed E-state index contributed by atoms with van der Waals surface area (Å²) in [7, 11) is 0. The normalized spacial score (nSPS) is 34.7. The van der Waals surface area contributed by atoms with E-state index in [1.165, 1.54) is 12.8 Å². The molecule has 0 aromatic rings. The Labute approximate surface area is 103 Å². The number of ether oxygens (including phenoxy) is 1. The third-order valence-electron chi connectivity index (χ3n) is 3.88. The fraction of sp³-hybridized carbons (Fsp3) is 0.923. The van der Waals surface area contributed by atoms with Crippen molar-refractivity contribution in [1.82, 2.24) is 4.90 Å². The summed E-state index contributed by atoms with van der Waals surface area (Å²) in [5.74, 6) is 0.795. The van der Waals surface area contributed by atoms with Gasteiger partial charge >= 0.3 is 0 Å². The number of carbonyl (C=O) groups excluding carboxylic acids is 1. The van der Waals surface area contributed by atoms with E-state index in [0.717, 1.165) is 25.9 Å². The van der Waals surface area contributed by atoms with E-state index in [9.17, 15) is 4.79 Å². The quantitative estimate of drug-likeness (QED) is 0.787. The molecule has 3 atom stereocenters. The zero-order valence-corrected chi connectivity index (χ0v) is 10.7. The van der Waals surface area contributed by atoms with E-state index < -0.39 is 0 Å². The van der Waals surface area contributed by atoms with Crippen LogP contribution in [-0.4, -0.2) is 42.6 Å². The largest absolute Gasteiger partial charge is 0.375 e. The van der Waals surface area contributed by atoms with Gasteiger partial charge in [0.15, 0.2) is 0 Å². The van der Waals surface area contributed by atoms with Gasteiger partial charge in [0.25, 0.3) is 0 Å². The molecular formula is C13H24N2O2. The first-order chi connectivity index (χ1) is 8.15. The van der Waals surface area contributed by atoms with Crippen LogP contribution in [0, 0.1) is 5.92 Å². The number of rotatable bonds is 2. The molecule has 98 valence electrons. The zero-order valence-electron chi connectivity index (χ0n) is 10.7. The minimum Gasteiger partial charge on any atom is -0.375 e. The molecule has 1 aliphatic heterocycles. The Morgan fingerprint density at radius 3 is 3.00 bits per heavy atom. The number of hydrogen-bond acceptors (Lipinski definition) is 3. The van der Waals surface area contributed by atoms with Crippen LogP contribution in [0.1, 0.15) is 39.0 Å². The molecule has 0 spiro atoms. The van der Waals surface area contributed by atoms with Crippen molar-refractivity contribution in [3.8, 4) is 0 Å². The van der Waals surface area contributed by atoms with Crippen LogP contribution in [0.25, 0.3) is 0 Å². The second-order valence-corrected chi connectivity index (χ2v) is 5.52. The summed E-state index contributed by atoms with van der Waals surface area (Å²) in [6.07, 6.45) is 5.35. The van der Waals surface area contributed by atoms with Crippen LogP contribution in [0.15, 0.2) is 0 Å². The lowest BCUT2D eigenvalue weighted by Crippen LogP contribution is -2.45. The molecular weight excluding hydrogens is 216 g/mol. The zero-order chi connectivity index (χ0) is 12.3. The maximum atomic E-state index is 12.1. The first kappa shape index (κ1) is 12.8. The molecule has 2 rings (SSSR count). The molecule has 1 amide bonds. The molecule has 1 saturated heterocycles. The maximum Gasteiger partial charge on any atom is 0.223 e. The number of hydrogen-bond donors (Lipinski definition) is 1. The molecule has 4 nitrogen and oxygen atoms in total. The fourth-order valence-corrected chi connectivity index (χ4v) is 2.94. The number of nitrogens with zero attached hydrogens (tertiary/aromatic N) is 1. The lowest BCUT2D eigenvalue weighted by molar-refractivity contribution is -0.139. The van der Waals surface area contributed by atoms with E-state index in [1.807, 2.05) is 11.8 Å². The van der Waals surface area contributed by atoms with Gasteiger partial charge in [0, 0.05) is 25.6 Å². The number of carbonyl (C=O) groups is 1. The Kier molecular flexibility index (Phi) is 4.40. The molecule has 17 heavy (non-hydrogen) atoms. The van der Waals surface area contributed by atoms with Gasteiger partial charge < -0.3 is 15.4 Å². The molecule has 0 aromatic heterocycles. The van der Waals surface area contributed by atoms with Crippen molar-refractivity contribution < 1.29 is 9.53 Å². The van der Waals surface area contributed by atoms with Crippen LogP contribution in [0.3, 0.4) is 0 Å². The van der Waals surface area contributed by atoms with Crippen LogP contribution >= 0.6 is 0 Å². The highest BCUT2D eigenvalue weighted by atomic mass is 16.5. The van der Waals surface area contributed by atoms with Gasteiger partial charge in [-0.2, -0.15) is 0 Å². The Balaban J connectivity index is 1.79. The van der Waals surface area contributed by atoms with E-state index >= 15 is 0 Å². The fourth-order valence-electron chi connectivity index (χ4n) is 2.94. The monoisotopic (exact) mass is 240 g/mol. The molecule has 2 fully saturated rings. The second-order valence-electron chi connectivity index (χ2n) is 5.52. The van der Waals surface area contributed by atoms with Crippen molar-refractivity contribution in [2.24, 2.45) is 11.7 Å². The number of morpholine rings is 1.